The Morgan fingerprint density at radius 1 is 0.733 bits per heavy atom. The highest BCUT2D eigenvalue weighted by molar-refractivity contribution is 5.34. The van der Waals surface area contributed by atoms with Crippen molar-refractivity contribution in [2.24, 2.45) is 0 Å². The number of ether oxygens (including phenoxy) is 1. The monoisotopic (exact) mass is 398 g/mol. The molecule has 3 heteroatoms. The van der Waals surface area contributed by atoms with E-state index in [4.69, 9.17) is 4.74 Å². The van der Waals surface area contributed by atoms with Gasteiger partial charge in [0.1, 0.15) is 11.5 Å². The number of para-hydroxylation sites is 1. The van der Waals surface area contributed by atoms with Crippen LogP contribution in [0, 0.1) is 0 Å². The summed E-state index contributed by atoms with van der Waals surface area (Å²) < 4.78 is 6.01. The maximum atomic E-state index is 6.01. The molecule has 1 saturated heterocycles. The van der Waals surface area contributed by atoms with Crippen LogP contribution in [-0.4, -0.2) is 35.5 Å². The highest BCUT2D eigenvalue weighted by Gasteiger charge is 2.27. The summed E-state index contributed by atoms with van der Waals surface area (Å²) in [6.07, 6.45) is 3.73. The van der Waals surface area contributed by atoms with E-state index in [1.165, 1.54) is 50.0 Å². The van der Waals surface area contributed by atoms with E-state index < -0.39 is 0 Å². The van der Waals surface area contributed by atoms with Crippen LogP contribution in [0.2, 0.25) is 0 Å². The Bertz CT molecular complexity index is 963. The minimum atomic E-state index is 0.724. The minimum Gasteiger partial charge on any atom is -0.457 e. The molecule has 0 aliphatic carbocycles. The summed E-state index contributed by atoms with van der Waals surface area (Å²) in [5.74, 6) is 1.80. The van der Waals surface area contributed by atoms with Crippen LogP contribution >= 0.6 is 0 Å². The number of benzene rings is 3. The Labute approximate surface area is 179 Å². The van der Waals surface area contributed by atoms with E-state index in [9.17, 15) is 0 Å². The van der Waals surface area contributed by atoms with Gasteiger partial charge in [-0.3, -0.25) is 9.80 Å². The summed E-state index contributed by atoms with van der Waals surface area (Å²) in [5, 5.41) is 0. The van der Waals surface area contributed by atoms with Gasteiger partial charge in [-0.2, -0.15) is 0 Å². The molecule has 0 aromatic heterocycles. The number of likely N-dealkylation sites (tertiary alicyclic amines) is 1. The van der Waals surface area contributed by atoms with Crippen molar-refractivity contribution in [2.45, 2.75) is 38.4 Å². The molecule has 2 aliphatic heterocycles. The molecular formula is C27H30N2O. The molecule has 3 nitrogen and oxygen atoms in total. The van der Waals surface area contributed by atoms with Gasteiger partial charge in [-0.05, 0) is 73.3 Å². The third-order valence-electron chi connectivity index (χ3n) is 6.52. The van der Waals surface area contributed by atoms with Gasteiger partial charge in [0.05, 0.1) is 0 Å². The highest BCUT2D eigenvalue weighted by Crippen LogP contribution is 2.26. The SMILES string of the molecule is c1ccc(Oc2cccc(CN3CCC(N4CCc5ccccc5C4)CC3)c2)cc1. The van der Waals surface area contributed by atoms with Gasteiger partial charge >= 0.3 is 0 Å². The van der Waals surface area contributed by atoms with Gasteiger partial charge in [-0.25, -0.2) is 0 Å². The van der Waals surface area contributed by atoms with E-state index in [1.807, 2.05) is 36.4 Å². The van der Waals surface area contributed by atoms with Crippen molar-refractivity contribution >= 4 is 0 Å². The number of hydrogen-bond acceptors (Lipinski definition) is 3. The summed E-state index contributed by atoms with van der Waals surface area (Å²) in [7, 11) is 0. The zero-order chi connectivity index (χ0) is 20.2. The van der Waals surface area contributed by atoms with Crippen molar-refractivity contribution < 1.29 is 4.74 Å². The van der Waals surface area contributed by atoms with Gasteiger partial charge in [-0.1, -0.05) is 54.6 Å². The second-order valence-corrected chi connectivity index (χ2v) is 8.56. The first kappa shape index (κ1) is 19.3. The van der Waals surface area contributed by atoms with Crippen LogP contribution in [0.3, 0.4) is 0 Å². The van der Waals surface area contributed by atoms with E-state index in [0.717, 1.165) is 30.6 Å². The van der Waals surface area contributed by atoms with Crippen molar-refractivity contribution in [3.05, 3.63) is 95.6 Å². The van der Waals surface area contributed by atoms with Gasteiger partial charge in [0.25, 0.3) is 0 Å². The Hall–Kier alpha value is -2.62. The smallest absolute Gasteiger partial charge is 0.127 e. The molecular weight excluding hydrogens is 368 g/mol. The average molecular weight is 399 g/mol. The molecule has 0 atom stereocenters. The van der Waals surface area contributed by atoms with Crippen molar-refractivity contribution in [3.63, 3.8) is 0 Å². The number of piperidine rings is 1. The fourth-order valence-corrected chi connectivity index (χ4v) is 4.86. The maximum Gasteiger partial charge on any atom is 0.127 e. The molecule has 0 unspecified atom stereocenters. The molecule has 154 valence electrons. The second kappa shape index (κ2) is 9.03. The molecule has 0 bridgehead atoms. The van der Waals surface area contributed by atoms with Crippen LogP contribution in [0.25, 0.3) is 0 Å². The molecule has 0 radical (unpaired) electrons. The van der Waals surface area contributed by atoms with Gasteiger partial charge < -0.3 is 4.74 Å². The molecule has 0 amide bonds. The van der Waals surface area contributed by atoms with Gasteiger partial charge in [0.2, 0.25) is 0 Å². The standard InChI is InChI=1S/C27H30N2O/c1-2-10-26(11-3-1)30-27-12-6-7-22(19-27)20-28-16-14-25(15-17-28)29-18-13-23-8-4-5-9-24(23)21-29/h1-12,19,25H,13-18,20-21H2. The van der Waals surface area contributed by atoms with Crippen LogP contribution in [0.5, 0.6) is 11.5 Å². The van der Waals surface area contributed by atoms with Gasteiger partial charge in [0.15, 0.2) is 0 Å². The van der Waals surface area contributed by atoms with E-state index in [-0.39, 0.29) is 0 Å². The number of rotatable bonds is 5. The molecule has 1 fully saturated rings. The summed E-state index contributed by atoms with van der Waals surface area (Å²) in [6.45, 7) is 5.68. The van der Waals surface area contributed by atoms with Gasteiger partial charge in [0, 0.05) is 25.7 Å². The van der Waals surface area contributed by atoms with E-state index in [0.29, 0.717) is 0 Å². The van der Waals surface area contributed by atoms with E-state index in [1.54, 1.807) is 5.56 Å². The van der Waals surface area contributed by atoms with E-state index in [2.05, 4.69) is 52.3 Å². The molecule has 5 rings (SSSR count). The first-order chi connectivity index (χ1) is 14.8. The fraction of sp³-hybridized carbons (Fsp3) is 0.333. The average Bonchev–Trinajstić information content (AvgIpc) is 2.80. The molecule has 0 N–H and O–H groups in total. The summed E-state index contributed by atoms with van der Waals surface area (Å²) in [4.78, 5) is 5.31. The summed E-state index contributed by atoms with van der Waals surface area (Å²) in [6, 6.07) is 28.2. The van der Waals surface area contributed by atoms with Crippen LogP contribution < -0.4 is 4.74 Å². The number of fused-ring (bicyclic) bond motifs is 1. The minimum absolute atomic E-state index is 0.724. The fourth-order valence-electron chi connectivity index (χ4n) is 4.86. The maximum absolute atomic E-state index is 6.01. The Morgan fingerprint density at radius 3 is 2.30 bits per heavy atom. The predicted molar refractivity (Wildman–Crippen MR) is 122 cm³/mol. The van der Waals surface area contributed by atoms with Crippen molar-refractivity contribution in [1.29, 1.82) is 0 Å². The molecule has 3 aromatic carbocycles. The quantitative estimate of drug-likeness (QED) is 0.564. The van der Waals surface area contributed by atoms with Crippen molar-refractivity contribution in [3.8, 4) is 11.5 Å². The lowest BCUT2D eigenvalue weighted by molar-refractivity contribution is 0.0949. The van der Waals surface area contributed by atoms with Crippen LogP contribution in [0.4, 0.5) is 0 Å². The first-order valence-corrected chi connectivity index (χ1v) is 11.2. The van der Waals surface area contributed by atoms with Crippen molar-refractivity contribution in [1.82, 2.24) is 9.80 Å². The molecule has 0 saturated carbocycles. The summed E-state index contributed by atoms with van der Waals surface area (Å²) >= 11 is 0. The molecule has 3 aromatic rings. The normalized spacial score (nSPS) is 18.1. The van der Waals surface area contributed by atoms with E-state index >= 15 is 0 Å². The first-order valence-electron chi connectivity index (χ1n) is 11.2. The molecule has 2 heterocycles. The molecule has 0 spiro atoms. The Kier molecular flexibility index (Phi) is 5.82. The van der Waals surface area contributed by atoms with Crippen molar-refractivity contribution in [2.75, 3.05) is 19.6 Å². The molecule has 30 heavy (non-hydrogen) atoms. The second-order valence-electron chi connectivity index (χ2n) is 8.56. The topological polar surface area (TPSA) is 15.7 Å². The molecule has 2 aliphatic rings. The predicted octanol–water partition coefficient (Wildman–Crippen LogP) is 5.50. The lowest BCUT2D eigenvalue weighted by atomic mass is 9.95. The third kappa shape index (κ3) is 4.58. The highest BCUT2D eigenvalue weighted by atomic mass is 16.5. The third-order valence-corrected chi connectivity index (χ3v) is 6.52. The lowest BCUT2D eigenvalue weighted by Gasteiger charge is -2.40. The zero-order valence-electron chi connectivity index (χ0n) is 17.5. The largest absolute Gasteiger partial charge is 0.457 e. The number of nitrogens with zero attached hydrogens (tertiary/aromatic N) is 2. The Morgan fingerprint density at radius 2 is 1.47 bits per heavy atom. The number of hydrogen-bond donors (Lipinski definition) is 0. The van der Waals surface area contributed by atoms with Crippen LogP contribution in [0.1, 0.15) is 29.5 Å². The van der Waals surface area contributed by atoms with Gasteiger partial charge in [-0.15, -0.1) is 0 Å². The van der Waals surface area contributed by atoms with Crippen LogP contribution in [-0.2, 0) is 19.5 Å². The summed E-state index contributed by atoms with van der Waals surface area (Å²) in [5.41, 5.74) is 4.40. The lowest BCUT2D eigenvalue weighted by Crippen LogP contribution is -2.46. The van der Waals surface area contributed by atoms with Crippen LogP contribution in [0.15, 0.2) is 78.9 Å². The Balaban J connectivity index is 1.15. The zero-order valence-corrected chi connectivity index (χ0v) is 17.5.